The predicted molar refractivity (Wildman–Crippen MR) is 50.8 cm³/mol. The lowest BCUT2D eigenvalue weighted by Crippen LogP contribution is -1.99. The number of nitriles is 1. The third-order valence-electron chi connectivity index (χ3n) is 0.903. The van der Waals surface area contributed by atoms with Crippen LogP contribution in [-0.4, -0.2) is 26.0 Å². The maximum absolute atomic E-state index is 8.29. The van der Waals surface area contributed by atoms with Crippen molar-refractivity contribution in [3.05, 3.63) is 35.9 Å². The highest BCUT2D eigenvalue weighted by Crippen LogP contribution is 1.92. The SMILES string of the molecule is CN(C)C.N#Cc1ccccc1. The molecule has 0 N–H and O–H groups in total. The minimum atomic E-state index is 0.715. The van der Waals surface area contributed by atoms with Crippen molar-refractivity contribution in [1.82, 2.24) is 4.90 Å². The molecule has 0 heterocycles. The van der Waals surface area contributed by atoms with Gasteiger partial charge in [-0.05, 0) is 33.3 Å². The van der Waals surface area contributed by atoms with Gasteiger partial charge in [0.05, 0.1) is 11.6 Å². The summed E-state index contributed by atoms with van der Waals surface area (Å²) in [7, 11) is 6.00. The van der Waals surface area contributed by atoms with Gasteiger partial charge in [0, 0.05) is 0 Å². The normalized spacial score (nSPS) is 8.25. The van der Waals surface area contributed by atoms with Crippen LogP contribution in [0.1, 0.15) is 5.56 Å². The lowest BCUT2D eigenvalue weighted by molar-refractivity contribution is 0.505. The van der Waals surface area contributed by atoms with Gasteiger partial charge in [0.15, 0.2) is 0 Å². The Balaban J connectivity index is 0.000000261. The Morgan fingerprint density at radius 1 is 1.08 bits per heavy atom. The Morgan fingerprint density at radius 2 is 1.50 bits per heavy atom. The third kappa shape index (κ3) is 6.79. The topological polar surface area (TPSA) is 27.0 Å². The van der Waals surface area contributed by atoms with Gasteiger partial charge in [0.2, 0.25) is 0 Å². The van der Waals surface area contributed by atoms with E-state index >= 15 is 0 Å². The van der Waals surface area contributed by atoms with E-state index in [0.29, 0.717) is 5.56 Å². The molecule has 0 aliphatic rings. The van der Waals surface area contributed by atoms with Gasteiger partial charge in [0.25, 0.3) is 0 Å². The zero-order valence-electron chi connectivity index (χ0n) is 7.78. The maximum atomic E-state index is 8.29. The van der Waals surface area contributed by atoms with Gasteiger partial charge in [-0.2, -0.15) is 5.26 Å². The van der Waals surface area contributed by atoms with Crippen molar-refractivity contribution in [1.29, 1.82) is 5.26 Å². The molecule has 64 valence electrons. The van der Waals surface area contributed by atoms with Crippen LogP contribution in [-0.2, 0) is 0 Å². The quantitative estimate of drug-likeness (QED) is 0.581. The fraction of sp³-hybridized carbons (Fsp3) is 0.300. The monoisotopic (exact) mass is 162 g/mol. The molecule has 1 aromatic carbocycles. The second-order valence-corrected chi connectivity index (χ2v) is 2.82. The van der Waals surface area contributed by atoms with Crippen molar-refractivity contribution in [2.24, 2.45) is 0 Å². The standard InChI is InChI=1S/C7H5N.C3H9N/c8-6-7-4-2-1-3-5-7;1-4(2)3/h1-5H;1-3H3. The summed E-state index contributed by atoms with van der Waals surface area (Å²) in [5.74, 6) is 0. The number of rotatable bonds is 0. The average molecular weight is 162 g/mol. The highest BCUT2D eigenvalue weighted by atomic mass is 15.0. The minimum Gasteiger partial charge on any atom is -0.312 e. The van der Waals surface area contributed by atoms with E-state index < -0.39 is 0 Å². The second kappa shape index (κ2) is 6.38. The first-order chi connectivity index (χ1) is 5.66. The Hall–Kier alpha value is -1.33. The van der Waals surface area contributed by atoms with Crippen LogP contribution in [0.15, 0.2) is 30.3 Å². The van der Waals surface area contributed by atoms with Crippen molar-refractivity contribution in [3.63, 3.8) is 0 Å². The molecule has 0 bridgehead atoms. The van der Waals surface area contributed by atoms with E-state index in [2.05, 4.69) is 0 Å². The molecule has 0 saturated heterocycles. The van der Waals surface area contributed by atoms with Crippen LogP contribution in [0.4, 0.5) is 0 Å². The molecule has 0 unspecified atom stereocenters. The summed E-state index contributed by atoms with van der Waals surface area (Å²) in [6.07, 6.45) is 0. The molecular weight excluding hydrogens is 148 g/mol. The van der Waals surface area contributed by atoms with Gasteiger partial charge >= 0.3 is 0 Å². The second-order valence-electron chi connectivity index (χ2n) is 2.82. The Morgan fingerprint density at radius 3 is 1.75 bits per heavy atom. The van der Waals surface area contributed by atoms with E-state index in [1.165, 1.54) is 0 Å². The van der Waals surface area contributed by atoms with Crippen molar-refractivity contribution >= 4 is 0 Å². The molecule has 2 heteroatoms. The summed E-state index contributed by atoms with van der Waals surface area (Å²) in [6, 6.07) is 11.2. The molecule has 0 radical (unpaired) electrons. The maximum Gasteiger partial charge on any atom is 0.0991 e. The molecule has 0 atom stereocenters. The van der Waals surface area contributed by atoms with Gasteiger partial charge < -0.3 is 4.90 Å². The van der Waals surface area contributed by atoms with E-state index in [0.717, 1.165) is 0 Å². The van der Waals surface area contributed by atoms with Crippen LogP contribution in [0.25, 0.3) is 0 Å². The van der Waals surface area contributed by atoms with E-state index in [-0.39, 0.29) is 0 Å². The summed E-state index contributed by atoms with van der Waals surface area (Å²) in [4.78, 5) is 2.00. The van der Waals surface area contributed by atoms with E-state index in [1.54, 1.807) is 12.1 Å². The average Bonchev–Trinajstić information content (AvgIpc) is 2.05. The van der Waals surface area contributed by atoms with Crippen LogP contribution in [0.5, 0.6) is 0 Å². The smallest absolute Gasteiger partial charge is 0.0991 e. The molecule has 0 amide bonds. The van der Waals surface area contributed by atoms with Crippen molar-refractivity contribution in [2.75, 3.05) is 21.1 Å². The summed E-state index contributed by atoms with van der Waals surface area (Å²) >= 11 is 0. The van der Waals surface area contributed by atoms with E-state index in [9.17, 15) is 0 Å². The van der Waals surface area contributed by atoms with E-state index in [1.807, 2.05) is 50.3 Å². The molecule has 2 nitrogen and oxygen atoms in total. The van der Waals surface area contributed by atoms with Crippen LogP contribution in [0.3, 0.4) is 0 Å². The number of hydrogen-bond acceptors (Lipinski definition) is 2. The number of benzene rings is 1. The van der Waals surface area contributed by atoms with Crippen LogP contribution < -0.4 is 0 Å². The van der Waals surface area contributed by atoms with Crippen LogP contribution in [0.2, 0.25) is 0 Å². The molecule has 0 saturated carbocycles. The number of hydrogen-bond donors (Lipinski definition) is 0. The molecule has 0 fully saturated rings. The highest BCUT2D eigenvalue weighted by molar-refractivity contribution is 5.27. The van der Waals surface area contributed by atoms with Gasteiger partial charge in [0.1, 0.15) is 0 Å². The lowest BCUT2D eigenvalue weighted by Gasteiger charge is -1.90. The number of nitrogens with zero attached hydrogens (tertiary/aromatic N) is 2. The first kappa shape index (κ1) is 10.7. The van der Waals surface area contributed by atoms with Crippen LogP contribution >= 0.6 is 0 Å². The molecule has 1 aromatic rings. The predicted octanol–water partition coefficient (Wildman–Crippen LogP) is 1.74. The zero-order valence-corrected chi connectivity index (χ0v) is 7.78. The van der Waals surface area contributed by atoms with E-state index in [4.69, 9.17) is 5.26 Å². The Bertz CT molecular complexity index is 231. The summed E-state index contributed by atoms with van der Waals surface area (Å²) in [5, 5.41) is 8.29. The zero-order chi connectivity index (χ0) is 9.40. The molecule has 0 spiro atoms. The Kier molecular flexibility index (Phi) is 5.68. The fourth-order valence-electron chi connectivity index (χ4n) is 0.513. The Labute approximate surface area is 74.0 Å². The first-order valence-electron chi connectivity index (χ1n) is 3.73. The molecule has 1 rings (SSSR count). The van der Waals surface area contributed by atoms with Crippen LogP contribution in [0, 0.1) is 11.3 Å². The summed E-state index contributed by atoms with van der Waals surface area (Å²) in [5.41, 5.74) is 0.715. The van der Waals surface area contributed by atoms with Crippen molar-refractivity contribution in [2.45, 2.75) is 0 Å². The minimum absolute atomic E-state index is 0.715. The van der Waals surface area contributed by atoms with Gasteiger partial charge in [-0.3, -0.25) is 0 Å². The highest BCUT2D eigenvalue weighted by Gasteiger charge is 1.79. The molecular formula is C10H14N2. The molecule has 0 aliphatic carbocycles. The largest absolute Gasteiger partial charge is 0.312 e. The van der Waals surface area contributed by atoms with Crippen molar-refractivity contribution < 1.29 is 0 Å². The van der Waals surface area contributed by atoms with Gasteiger partial charge in [-0.25, -0.2) is 0 Å². The van der Waals surface area contributed by atoms with Gasteiger partial charge in [-0.15, -0.1) is 0 Å². The first-order valence-corrected chi connectivity index (χ1v) is 3.73. The summed E-state index contributed by atoms with van der Waals surface area (Å²) < 4.78 is 0. The lowest BCUT2D eigenvalue weighted by atomic mass is 10.2. The van der Waals surface area contributed by atoms with Gasteiger partial charge in [-0.1, -0.05) is 18.2 Å². The molecule has 0 aromatic heterocycles. The fourth-order valence-corrected chi connectivity index (χ4v) is 0.513. The summed E-state index contributed by atoms with van der Waals surface area (Å²) in [6.45, 7) is 0. The molecule has 0 aliphatic heterocycles. The third-order valence-corrected chi connectivity index (χ3v) is 0.903. The van der Waals surface area contributed by atoms with Crippen molar-refractivity contribution in [3.8, 4) is 6.07 Å². The molecule has 12 heavy (non-hydrogen) atoms.